The predicted octanol–water partition coefficient (Wildman–Crippen LogP) is 1.60. The molecule has 0 saturated heterocycles. The van der Waals surface area contributed by atoms with Crippen LogP contribution in [0.25, 0.3) is 0 Å². The van der Waals surface area contributed by atoms with Crippen LogP contribution in [0.4, 0.5) is 0 Å². The summed E-state index contributed by atoms with van der Waals surface area (Å²) in [5.41, 5.74) is 0.203. The average molecular weight is 242 g/mol. The summed E-state index contributed by atoms with van der Waals surface area (Å²) >= 11 is 1.39. The number of thiazole rings is 1. The van der Waals surface area contributed by atoms with Crippen LogP contribution in [0.3, 0.4) is 0 Å². The molecule has 1 aromatic rings. The van der Waals surface area contributed by atoms with Crippen molar-refractivity contribution in [2.45, 2.75) is 33.2 Å². The first-order valence-corrected chi connectivity index (χ1v) is 5.94. The third kappa shape index (κ3) is 2.41. The van der Waals surface area contributed by atoms with Crippen LogP contribution in [-0.4, -0.2) is 40.1 Å². The maximum Gasteiger partial charge on any atom is 0.266 e. The fourth-order valence-electron chi connectivity index (χ4n) is 1.26. The monoisotopic (exact) mass is 242 g/mol. The number of nitrogens with zero attached hydrogens (tertiary/aromatic N) is 2. The molecule has 0 unspecified atom stereocenters. The van der Waals surface area contributed by atoms with Gasteiger partial charge in [0.25, 0.3) is 5.91 Å². The van der Waals surface area contributed by atoms with E-state index in [9.17, 15) is 9.90 Å². The van der Waals surface area contributed by atoms with Gasteiger partial charge in [0.15, 0.2) is 0 Å². The van der Waals surface area contributed by atoms with Gasteiger partial charge in [-0.05, 0) is 27.7 Å². The van der Waals surface area contributed by atoms with Crippen LogP contribution in [0, 0.1) is 13.8 Å². The Kier molecular flexibility index (Phi) is 3.70. The van der Waals surface area contributed by atoms with Crippen molar-refractivity contribution in [1.29, 1.82) is 0 Å². The fourth-order valence-corrected chi connectivity index (χ4v) is 2.16. The Hall–Kier alpha value is -0.940. The average Bonchev–Trinajstić information content (AvgIpc) is 2.55. The van der Waals surface area contributed by atoms with E-state index in [0.29, 0.717) is 4.88 Å². The SMILES string of the molecule is Cc1nc(C)c(C(=O)N(C)C(C)(C)CO)s1. The molecular formula is C11H18N2O2S. The van der Waals surface area contributed by atoms with E-state index in [1.54, 1.807) is 11.9 Å². The van der Waals surface area contributed by atoms with Gasteiger partial charge in [0.1, 0.15) is 4.88 Å². The molecule has 1 aromatic heterocycles. The molecule has 0 spiro atoms. The molecule has 0 aliphatic heterocycles. The van der Waals surface area contributed by atoms with Gasteiger partial charge in [0, 0.05) is 7.05 Å². The van der Waals surface area contributed by atoms with E-state index < -0.39 is 5.54 Å². The number of hydrogen-bond acceptors (Lipinski definition) is 4. The standard InChI is InChI=1S/C11H18N2O2S/c1-7-9(16-8(2)12-7)10(15)13(5)11(3,4)6-14/h14H,6H2,1-5H3. The van der Waals surface area contributed by atoms with Crippen LogP contribution in [-0.2, 0) is 0 Å². The van der Waals surface area contributed by atoms with Crippen molar-refractivity contribution in [3.8, 4) is 0 Å². The Morgan fingerprint density at radius 3 is 2.44 bits per heavy atom. The second-order valence-electron chi connectivity index (χ2n) is 4.48. The van der Waals surface area contributed by atoms with Gasteiger partial charge in [0.05, 0.1) is 22.8 Å². The molecule has 4 nitrogen and oxygen atoms in total. The van der Waals surface area contributed by atoms with E-state index in [4.69, 9.17) is 0 Å². The summed E-state index contributed by atoms with van der Waals surface area (Å²) in [6.07, 6.45) is 0. The minimum Gasteiger partial charge on any atom is -0.394 e. The molecule has 0 atom stereocenters. The number of amides is 1. The number of carbonyl (C=O) groups is 1. The Bertz CT molecular complexity index is 399. The minimum atomic E-state index is -0.554. The molecule has 5 heteroatoms. The number of aliphatic hydroxyl groups excluding tert-OH is 1. The number of aromatic nitrogens is 1. The highest BCUT2D eigenvalue weighted by Crippen LogP contribution is 2.22. The summed E-state index contributed by atoms with van der Waals surface area (Å²) in [4.78, 5) is 18.6. The van der Waals surface area contributed by atoms with E-state index in [0.717, 1.165) is 10.7 Å². The summed E-state index contributed by atoms with van der Waals surface area (Å²) in [6, 6.07) is 0. The number of likely N-dealkylation sites (N-methyl/N-ethyl adjacent to an activating group) is 1. The largest absolute Gasteiger partial charge is 0.394 e. The number of aliphatic hydroxyl groups is 1. The van der Waals surface area contributed by atoms with Crippen LogP contribution in [0.15, 0.2) is 0 Å². The number of carbonyl (C=O) groups excluding carboxylic acids is 1. The molecule has 0 fully saturated rings. The van der Waals surface area contributed by atoms with Gasteiger partial charge in [-0.3, -0.25) is 4.79 Å². The lowest BCUT2D eigenvalue weighted by atomic mass is 10.0. The number of aryl methyl sites for hydroxylation is 2. The highest BCUT2D eigenvalue weighted by atomic mass is 32.1. The first-order chi connectivity index (χ1) is 7.29. The second-order valence-corrected chi connectivity index (χ2v) is 5.69. The first kappa shape index (κ1) is 13.1. The summed E-state index contributed by atoms with van der Waals surface area (Å²) in [7, 11) is 1.70. The Morgan fingerprint density at radius 2 is 2.06 bits per heavy atom. The van der Waals surface area contributed by atoms with E-state index in [1.165, 1.54) is 11.3 Å². The zero-order valence-electron chi connectivity index (χ0n) is 10.4. The maximum atomic E-state index is 12.2. The van der Waals surface area contributed by atoms with Crippen LogP contribution < -0.4 is 0 Å². The zero-order valence-corrected chi connectivity index (χ0v) is 11.2. The van der Waals surface area contributed by atoms with Crippen molar-refractivity contribution in [3.63, 3.8) is 0 Å². The lowest BCUT2D eigenvalue weighted by Crippen LogP contribution is -2.47. The normalized spacial score (nSPS) is 11.6. The van der Waals surface area contributed by atoms with Gasteiger partial charge >= 0.3 is 0 Å². The van der Waals surface area contributed by atoms with Crippen molar-refractivity contribution in [2.24, 2.45) is 0 Å². The molecule has 1 N–H and O–H groups in total. The van der Waals surface area contributed by atoms with Crippen molar-refractivity contribution >= 4 is 17.2 Å². The summed E-state index contributed by atoms with van der Waals surface area (Å²) in [5, 5.41) is 10.1. The molecule has 0 radical (unpaired) electrons. The fraction of sp³-hybridized carbons (Fsp3) is 0.636. The van der Waals surface area contributed by atoms with Crippen LogP contribution in [0.2, 0.25) is 0 Å². The van der Waals surface area contributed by atoms with Crippen molar-refractivity contribution in [1.82, 2.24) is 9.88 Å². The topological polar surface area (TPSA) is 53.4 Å². The molecule has 0 aliphatic rings. The van der Waals surface area contributed by atoms with E-state index in [2.05, 4.69) is 4.98 Å². The van der Waals surface area contributed by atoms with Gasteiger partial charge in [-0.1, -0.05) is 0 Å². The van der Waals surface area contributed by atoms with E-state index in [-0.39, 0.29) is 12.5 Å². The predicted molar refractivity (Wildman–Crippen MR) is 64.8 cm³/mol. The van der Waals surface area contributed by atoms with Gasteiger partial charge in [-0.15, -0.1) is 11.3 Å². The quantitative estimate of drug-likeness (QED) is 0.876. The molecule has 1 heterocycles. The van der Waals surface area contributed by atoms with Crippen LogP contribution >= 0.6 is 11.3 Å². The third-order valence-corrected chi connectivity index (χ3v) is 3.76. The second kappa shape index (κ2) is 4.51. The Labute approximate surface area is 99.9 Å². The first-order valence-electron chi connectivity index (χ1n) is 5.12. The molecule has 1 amide bonds. The highest BCUT2D eigenvalue weighted by Gasteiger charge is 2.29. The van der Waals surface area contributed by atoms with E-state index >= 15 is 0 Å². The number of rotatable bonds is 3. The molecule has 0 saturated carbocycles. The number of hydrogen-bond donors (Lipinski definition) is 1. The smallest absolute Gasteiger partial charge is 0.266 e. The van der Waals surface area contributed by atoms with Gasteiger partial charge < -0.3 is 10.0 Å². The van der Waals surface area contributed by atoms with Gasteiger partial charge in [-0.2, -0.15) is 0 Å². The Balaban J connectivity index is 2.99. The van der Waals surface area contributed by atoms with Crippen LogP contribution in [0.1, 0.15) is 34.2 Å². The molecule has 0 aromatic carbocycles. The summed E-state index contributed by atoms with van der Waals surface area (Å²) in [6.45, 7) is 7.30. The lowest BCUT2D eigenvalue weighted by molar-refractivity contribution is 0.0477. The zero-order chi connectivity index (χ0) is 12.5. The third-order valence-electron chi connectivity index (χ3n) is 2.70. The molecule has 16 heavy (non-hydrogen) atoms. The highest BCUT2D eigenvalue weighted by molar-refractivity contribution is 7.13. The lowest BCUT2D eigenvalue weighted by Gasteiger charge is -2.33. The van der Waals surface area contributed by atoms with Gasteiger partial charge in [-0.25, -0.2) is 4.98 Å². The summed E-state index contributed by atoms with van der Waals surface area (Å²) in [5.74, 6) is -0.0813. The van der Waals surface area contributed by atoms with Crippen molar-refractivity contribution in [2.75, 3.05) is 13.7 Å². The molecule has 90 valence electrons. The molecular weight excluding hydrogens is 224 g/mol. The Morgan fingerprint density at radius 1 is 1.50 bits per heavy atom. The van der Waals surface area contributed by atoms with Crippen LogP contribution in [0.5, 0.6) is 0 Å². The molecule has 0 aliphatic carbocycles. The van der Waals surface area contributed by atoms with Crippen molar-refractivity contribution in [3.05, 3.63) is 15.6 Å². The maximum absolute atomic E-state index is 12.2. The van der Waals surface area contributed by atoms with Gasteiger partial charge in [0.2, 0.25) is 0 Å². The molecule has 0 bridgehead atoms. The van der Waals surface area contributed by atoms with E-state index in [1.807, 2.05) is 27.7 Å². The summed E-state index contributed by atoms with van der Waals surface area (Å²) < 4.78 is 0. The minimum absolute atomic E-state index is 0.0634. The van der Waals surface area contributed by atoms with Crippen molar-refractivity contribution < 1.29 is 9.90 Å². The molecule has 1 rings (SSSR count).